The lowest BCUT2D eigenvalue weighted by Gasteiger charge is -2.21. The molecule has 1 atom stereocenters. The Hall–Kier alpha value is -1.39. The molecular formula is C14H20N2O2. The number of rotatable bonds is 4. The van der Waals surface area contributed by atoms with Crippen LogP contribution in [0.1, 0.15) is 18.9 Å². The minimum absolute atomic E-state index is 0.0717. The molecule has 1 amide bonds. The summed E-state index contributed by atoms with van der Waals surface area (Å²) >= 11 is 0. The first-order valence-corrected chi connectivity index (χ1v) is 6.36. The van der Waals surface area contributed by atoms with Crippen molar-refractivity contribution in [1.29, 1.82) is 0 Å². The highest BCUT2D eigenvalue weighted by atomic mass is 16.2. The summed E-state index contributed by atoms with van der Waals surface area (Å²) in [4.78, 5) is 12.2. The molecule has 4 heteroatoms. The molecule has 98 valence electrons. The molecule has 4 nitrogen and oxygen atoms in total. The van der Waals surface area contributed by atoms with E-state index in [9.17, 15) is 4.79 Å². The van der Waals surface area contributed by atoms with Crippen molar-refractivity contribution in [2.24, 2.45) is 5.41 Å². The fourth-order valence-electron chi connectivity index (χ4n) is 2.18. The van der Waals surface area contributed by atoms with Gasteiger partial charge >= 0.3 is 0 Å². The largest absolute Gasteiger partial charge is 0.396 e. The number of aliphatic hydroxyl groups excluding tert-OH is 1. The average Bonchev–Trinajstić information content (AvgIpc) is 2.80. The number of carbonyl (C=O) groups excluding carboxylic acids is 1. The van der Waals surface area contributed by atoms with Crippen LogP contribution in [-0.4, -0.2) is 30.7 Å². The van der Waals surface area contributed by atoms with Crippen molar-refractivity contribution in [1.82, 2.24) is 5.32 Å². The van der Waals surface area contributed by atoms with Crippen molar-refractivity contribution >= 4 is 11.6 Å². The quantitative estimate of drug-likeness (QED) is 0.749. The van der Waals surface area contributed by atoms with E-state index in [0.29, 0.717) is 6.42 Å². The third-order valence-corrected chi connectivity index (χ3v) is 3.53. The molecule has 0 aromatic heterocycles. The van der Waals surface area contributed by atoms with Gasteiger partial charge in [0, 0.05) is 18.8 Å². The zero-order valence-corrected chi connectivity index (χ0v) is 10.7. The predicted octanol–water partition coefficient (Wildman–Crippen LogP) is 1.16. The van der Waals surface area contributed by atoms with Crippen molar-refractivity contribution in [2.45, 2.75) is 19.8 Å². The highest BCUT2D eigenvalue weighted by Gasteiger charge is 2.36. The molecule has 3 N–H and O–H groups in total. The van der Waals surface area contributed by atoms with E-state index in [1.54, 1.807) is 0 Å². The molecule has 1 aliphatic heterocycles. The van der Waals surface area contributed by atoms with Crippen LogP contribution in [0.2, 0.25) is 0 Å². The maximum absolute atomic E-state index is 12.2. The fraction of sp³-hybridized carbons (Fsp3) is 0.500. The van der Waals surface area contributed by atoms with E-state index in [2.05, 4.69) is 10.6 Å². The van der Waals surface area contributed by atoms with Crippen LogP contribution in [0.25, 0.3) is 0 Å². The van der Waals surface area contributed by atoms with Crippen LogP contribution in [-0.2, 0) is 11.2 Å². The summed E-state index contributed by atoms with van der Waals surface area (Å²) in [5.74, 6) is 0.0717. The Kier molecular flexibility index (Phi) is 3.99. The molecule has 1 aliphatic rings. The maximum Gasteiger partial charge on any atom is 0.231 e. The van der Waals surface area contributed by atoms with Crippen LogP contribution in [0.15, 0.2) is 24.3 Å². The molecule has 0 bridgehead atoms. The average molecular weight is 248 g/mol. The van der Waals surface area contributed by atoms with Gasteiger partial charge in [0.25, 0.3) is 0 Å². The number of hydrogen-bond acceptors (Lipinski definition) is 3. The lowest BCUT2D eigenvalue weighted by Crippen LogP contribution is -2.35. The number of aliphatic hydroxyl groups is 1. The van der Waals surface area contributed by atoms with Gasteiger partial charge < -0.3 is 15.7 Å². The van der Waals surface area contributed by atoms with Crippen LogP contribution in [0.3, 0.4) is 0 Å². The SMILES string of the molecule is CC1(C(=O)Nc2ccc(CCO)cc2)CCNC1. The normalized spacial score (nSPS) is 23.0. The Morgan fingerprint density at radius 2 is 2.17 bits per heavy atom. The molecule has 2 rings (SSSR count). The van der Waals surface area contributed by atoms with Crippen molar-refractivity contribution in [3.8, 4) is 0 Å². The van der Waals surface area contributed by atoms with Crippen LogP contribution in [0.4, 0.5) is 5.69 Å². The van der Waals surface area contributed by atoms with Crippen molar-refractivity contribution in [3.05, 3.63) is 29.8 Å². The lowest BCUT2D eigenvalue weighted by atomic mass is 9.88. The van der Waals surface area contributed by atoms with E-state index >= 15 is 0 Å². The second-order valence-electron chi connectivity index (χ2n) is 5.11. The third kappa shape index (κ3) is 2.89. The summed E-state index contributed by atoms with van der Waals surface area (Å²) in [6.45, 7) is 3.78. The molecule has 0 saturated carbocycles. The zero-order valence-electron chi connectivity index (χ0n) is 10.7. The van der Waals surface area contributed by atoms with Gasteiger partial charge in [0.05, 0.1) is 5.41 Å². The van der Waals surface area contributed by atoms with Gasteiger partial charge in [0.15, 0.2) is 0 Å². The highest BCUT2D eigenvalue weighted by Crippen LogP contribution is 2.26. The number of nitrogens with one attached hydrogen (secondary N) is 2. The first-order valence-electron chi connectivity index (χ1n) is 6.36. The second kappa shape index (κ2) is 5.50. The van der Waals surface area contributed by atoms with Gasteiger partial charge in [-0.1, -0.05) is 12.1 Å². The van der Waals surface area contributed by atoms with E-state index in [4.69, 9.17) is 5.11 Å². The predicted molar refractivity (Wildman–Crippen MR) is 71.5 cm³/mol. The summed E-state index contributed by atoms with van der Waals surface area (Å²) in [6, 6.07) is 7.63. The maximum atomic E-state index is 12.2. The smallest absolute Gasteiger partial charge is 0.231 e. The summed E-state index contributed by atoms with van der Waals surface area (Å²) in [7, 11) is 0. The molecule has 1 saturated heterocycles. The standard InChI is InChI=1S/C14H20N2O2/c1-14(7-8-15-10-14)13(18)16-12-4-2-11(3-5-12)6-9-17/h2-5,15,17H,6-10H2,1H3,(H,16,18). The van der Waals surface area contributed by atoms with Gasteiger partial charge in [-0.15, -0.1) is 0 Å². The Labute approximate surface area is 107 Å². The molecule has 0 spiro atoms. The van der Waals surface area contributed by atoms with Crippen molar-refractivity contribution < 1.29 is 9.90 Å². The summed E-state index contributed by atoms with van der Waals surface area (Å²) in [6.07, 6.45) is 1.53. The zero-order chi connectivity index (χ0) is 13.0. The van der Waals surface area contributed by atoms with E-state index in [1.165, 1.54) is 0 Å². The molecule has 0 aliphatic carbocycles. The Bertz CT molecular complexity index is 408. The molecule has 0 radical (unpaired) electrons. The van der Waals surface area contributed by atoms with E-state index in [0.717, 1.165) is 30.8 Å². The summed E-state index contributed by atoms with van der Waals surface area (Å²) in [5.41, 5.74) is 1.59. The minimum Gasteiger partial charge on any atom is -0.396 e. The number of hydrogen-bond donors (Lipinski definition) is 3. The van der Waals surface area contributed by atoms with Gasteiger partial charge in [0.1, 0.15) is 0 Å². The van der Waals surface area contributed by atoms with E-state index in [-0.39, 0.29) is 17.9 Å². The molecule has 1 unspecified atom stereocenters. The van der Waals surface area contributed by atoms with Gasteiger partial charge in [-0.05, 0) is 44.0 Å². The summed E-state index contributed by atoms with van der Waals surface area (Å²) in [5, 5.41) is 15.0. The van der Waals surface area contributed by atoms with Crippen LogP contribution < -0.4 is 10.6 Å². The van der Waals surface area contributed by atoms with Gasteiger partial charge in [0.2, 0.25) is 5.91 Å². The molecule has 1 heterocycles. The Morgan fingerprint density at radius 1 is 1.44 bits per heavy atom. The number of benzene rings is 1. The Balaban J connectivity index is 1.98. The third-order valence-electron chi connectivity index (χ3n) is 3.53. The van der Waals surface area contributed by atoms with Gasteiger partial charge in [-0.2, -0.15) is 0 Å². The van der Waals surface area contributed by atoms with Crippen LogP contribution in [0, 0.1) is 5.41 Å². The lowest BCUT2D eigenvalue weighted by molar-refractivity contribution is -0.123. The second-order valence-corrected chi connectivity index (χ2v) is 5.11. The van der Waals surface area contributed by atoms with Crippen LogP contribution >= 0.6 is 0 Å². The molecule has 1 aromatic carbocycles. The van der Waals surface area contributed by atoms with E-state index < -0.39 is 0 Å². The molecular weight excluding hydrogens is 228 g/mol. The van der Waals surface area contributed by atoms with Crippen LogP contribution in [0.5, 0.6) is 0 Å². The number of amides is 1. The minimum atomic E-state index is -0.302. The summed E-state index contributed by atoms with van der Waals surface area (Å²) < 4.78 is 0. The Morgan fingerprint density at radius 3 is 2.72 bits per heavy atom. The monoisotopic (exact) mass is 248 g/mol. The first-order chi connectivity index (χ1) is 8.64. The first kappa shape index (κ1) is 13.1. The topological polar surface area (TPSA) is 61.4 Å². The molecule has 1 aromatic rings. The molecule has 18 heavy (non-hydrogen) atoms. The number of carbonyl (C=O) groups is 1. The highest BCUT2D eigenvalue weighted by molar-refractivity contribution is 5.95. The van der Waals surface area contributed by atoms with Gasteiger partial charge in [-0.25, -0.2) is 0 Å². The van der Waals surface area contributed by atoms with Crippen molar-refractivity contribution in [3.63, 3.8) is 0 Å². The van der Waals surface area contributed by atoms with Crippen molar-refractivity contribution in [2.75, 3.05) is 25.0 Å². The van der Waals surface area contributed by atoms with E-state index in [1.807, 2.05) is 31.2 Å². The fourth-order valence-corrected chi connectivity index (χ4v) is 2.18. The molecule has 1 fully saturated rings. The van der Waals surface area contributed by atoms with Gasteiger partial charge in [-0.3, -0.25) is 4.79 Å². The number of anilines is 1.